The van der Waals surface area contributed by atoms with Crippen LogP contribution in [0.1, 0.15) is 35.2 Å². The Hall–Kier alpha value is -3.15. The lowest BCUT2D eigenvalue weighted by Crippen LogP contribution is -2.35. The number of benzene rings is 2. The Labute approximate surface area is 151 Å². The van der Waals surface area contributed by atoms with Crippen molar-refractivity contribution in [1.82, 2.24) is 0 Å². The molecule has 2 amide bonds. The van der Waals surface area contributed by atoms with E-state index < -0.39 is 5.97 Å². The van der Waals surface area contributed by atoms with Crippen LogP contribution >= 0.6 is 0 Å². The van der Waals surface area contributed by atoms with E-state index in [2.05, 4.69) is 5.32 Å². The van der Waals surface area contributed by atoms with Gasteiger partial charge in [0.1, 0.15) is 0 Å². The standard InChI is InChI=1S/C20H20N2O4/c23-18(11-12-19(24)25)21-16-9-7-15(8-10-16)20(26)22-13-3-5-14-4-1-2-6-17(14)22/h1-2,4,6-10H,3,5,11-13H2,(H,21,23)(H,24,25). The second-order valence-electron chi connectivity index (χ2n) is 6.21. The largest absolute Gasteiger partial charge is 0.481 e. The summed E-state index contributed by atoms with van der Waals surface area (Å²) in [4.78, 5) is 36.8. The number of carboxylic acid groups (broad SMARTS) is 1. The Morgan fingerprint density at radius 1 is 1.00 bits per heavy atom. The maximum atomic E-state index is 12.8. The first kappa shape index (κ1) is 17.7. The normalized spacial score (nSPS) is 13.0. The average Bonchev–Trinajstić information content (AvgIpc) is 2.66. The molecule has 3 rings (SSSR count). The van der Waals surface area contributed by atoms with E-state index in [1.54, 1.807) is 29.2 Å². The minimum Gasteiger partial charge on any atom is -0.481 e. The van der Waals surface area contributed by atoms with Gasteiger partial charge in [0.15, 0.2) is 0 Å². The van der Waals surface area contributed by atoms with Gasteiger partial charge in [-0.05, 0) is 48.7 Å². The summed E-state index contributed by atoms with van der Waals surface area (Å²) in [7, 11) is 0. The highest BCUT2D eigenvalue weighted by Crippen LogP contribution is 2.28. The molecule has 0 unspecified atom stereocenters. The summed E-state index contributed by atoms with van der Waals surface area (Å²) in [6.07, 6.45) is 1.61. The zero-order chi connectivity index (χ0) is 18.5. The van der Waals surface area contributed by atoms with Gasteiger partial charge in [0.25, 0.3) is 5.91 Å². The van der Waals surface area contributed by atoms with Crippen molar-refractivity contribution in [3.05, 3.63) is 59.7 Å². The fourth-order valence-electron chi connectivity index (χ4n) is 3.04. The maximum absolute atomic E-state index is 12.8. The maximum Gasteiger partial charge on any atom is 0.303 e. The van der Waals surface area contributed by atoms with E-state index in [-0.39, 0.29) is 24.7 Å². The van der Waals surface area contributed by atoms with Gasteiger partial charge in [0.2, 0.25) is 5.91 Å². The quantitative estimate of drug-likeness (QED) is 0.866. The number of aryl methyl sites for hydroxylation is 1. The molecule has 6 heteroatoms. The Morgan fingerprint density at radius 2 is 1.73 bits per heavy atom. The van der Waals surface area contributed by atoms with Crippen LogP contribution in [0, 0.1) is 0 Å². The highest BCUT2D eigenvalue weighted by molar-refractivity contribution is 6.07. The first-order valence-electron chi connectivity index (χ1n) is 8.56. The molecule has 0 atom stereocenters. The molecule has 6 nitrogen and oxygen atoms in total. The SMILES string of the molecule is O=C(O)CCC(=O)Nc1ccc(C(=O)N2CCCc3ccccc32)cc1. The first-order valence-corrected chi connectivity index (χ1v) is 8.56. The van der Waals surface area contributed by atoms with Gasteiger partial charge in [0.05, 0.1) is 6.42 Å². The molecule has 0 bridgehead atoms. The Bertz CT molecular complexity index is 830. The molecule has 134 valence electrons. The fraction of sp³-hybridized carbons (Fsp3) is 0.250. The molecule has 0 spiro atoms. The predicted molar refractivity (Wildman–Crippen MR) is 98.4 cm³/mol. The van der Waals surface area contributed by atoms with Gasteiger partial charge >= 0.3 is 5.97 Å². The van der Waals surface area contributed by atoms with Crippen molar-refractivity contribution in [2.45, 2.75) is 25.7 Å². The molecular weight excluding hydrogens is 332 g/mol. The first-order chi connectivity index (χ1) is 12.5. The van der Waals surface area contributed by atoms with Crippen LogP contribution in [0.15, 0.2) is 48.5 Å². The van der Waals surface area contributed by atoms with Crippen molar-refractivity contribution >= 4 is 29.2 Å². The molecule has 1 aliphatic heterocycles. The van der Waals surface area contributed by atoms with Gasteiger partial charge in [-0.15, -0.1) is 0 Å². The number of nitrogens with one attached hydrogen (secondary N) is 1. The molecule has 2 aromatic rings. The molecule has 0 radical (unpaired) electrons. The van der Waals surface area contributed by atoms with Crippen molar-refractivity contribution in [1.29, 1.82) is 0 Å². The van der Waals surface area contributed by atoms with Crippen LogP contribution in [-0.2, 0) is 16.0 Å². The third-order valence-electron chi connectivity index (χ3n) is 4.34. The van der Waals surface area contributed by atoms with Gasteiger partial charge in [-0.3, -0.25) is 14.4 Å². The number of anilines is 2. The van der Waals surface area contributed by atoms with E-state index in [9.17, 15) is 14.4 Å². The van der Waals surface area contributed by atoms with Gasteiger partial charge in [-0.25, -0.2) is 0 Å². The summed E-state index contributed by atoms with van der Waals surface area (Å²) in [5, 5.41) is 11.2. The van der Waals surface area contributed by atoms with Crippen molar-refractivity contribution in [3.8, 4) is 0 Å². The molecule has 2 N–H and O–H groups in total. The van der Waals surface area contributed by atoms with E-state index in [0.29, 0.717) is 17.8 Å². The fourth-order valence-corrected chi connectivity index (χ4v) is 3.04. The molecule has 0 saturated carbocycles. The van der Waals surface area contributed by atoms with Crippen LogP contribution in [0.5, 0.6) is 0 Å². The van der Waals surface area contributed by atoms with E-state index in [4.69, 9.17) is 5.11 Å². The van der Waals surface area contributed by atoms with Gasteiger partial charge in [-0.2, -0.15) is 0 Å². The Balaban J connectivity index is 1.68. The van der Waals surface area contributed by atoms with Crippen LogP contribution in [0.4, 0.5) is 11.4 Å². The third kappa shape index (κ3) is 4.08. The number of carbonyl (C=O) groups excluding carboxylic acids is 2. The Kier molecular flexibility index (Phi) is 5.31. The lowest BCUT2D eigenvalue weighted by atomic mass is 10.0. The lowest BCUT2D eigenvalue weighted by Gasteiger charge is -2.29. The summed E-state index contributed by atoms with van der Waals surface area (Å²) < 4.78 is 0. The zero-order valence-corrected chi connectivity index (χ0v) is 14.3. The summed E-state index contributed by atoms with van der Waals surface area (Å²) in [6, 6.07) is 14.6. The molecule has 2 aromatic carbocycles. The summed E-state index contributed by atoms with van der Waals surface area (Å²) in [6.45, 7) is 0.684. The van der Waals surface area contributed by atoms with Crippen LogP contribution < -0.4 is 10.2 Å². The van der Waals surface area contributed by atoms with Crippen molar-refractivity contribution < 1.29 is 19.5 Å². The third-order valence-corrected chi connectivity index (χ3v) is 4.34. The van der Waals surface area contributed by atoms with Gasteiger partial charge in [0, 0.05) is 29.9 Å². The van der Waals surface area contributed by atoms with E-state index in [1.165, 1.54) is 5.56 Å². The molecule has 26 heavy (non-hydrogen) atoms. The highest BCUT2D eigenvalue weighted by Gasteiger charge is 2.23. The lowest BCUT2D eigenvalue weighted by molar-refractivity contribution is -0.138. The molecule has 0 aromatic heterocycles. The van der Waals surface area contributed by atoms with Crippen LogP contribution in [0.25, 0.3) is 0 Å². The van der Waals surface area contributed by atoms with Crippen LogP contribution in [-0.4, -0.2) is 29.4 Å². The van der Waals surface area contributed by atoms with Gasteiger partial charge in [-0.1, -0.05) is 18.2 Å². The topological polar surface area (TPSA) is 86.7 Å². The number of carbonyl (C=O) groups is 3. The monoisotopic (exact) mass is 352 g/mol. The minimum atomic E-state index is -1.01. The molecule has 1 heterocycles. The molecule has 0 saturated heterocycles. The summed E-state index contributed by atoms with van der Waals surface area (Å²) in [5.74, 6) is -1.44. The molecule has 0 fully saturated rings. The van der Waals surface area contributed by atoms with Crippen molar-refractivity contribution in [3.63, 3.8) is 0 Å². The van der Waals surface area contributed by atoms with Gasteiger partial charge < -0.3 is 15.3 Å². The number of rotatable bonds is 5. The van der Waals surface area contributed by atoms with E-state index in [0.717, 1.165) is 18.5 Å². The average molecular weight is 352 g/mol. The number of aliphatic carboxylic acids is 1. The second kappa shape index (κ2) is 7.82. The number of carboxylic acids is 1. The number of para-hydroxylation sites is 1. The van der Waals surface area contributed by atoms with Crippen LogP contribution in [0.2, 0.25) is 0 Å². The minimum absolute atomic E-state index is 0.0686. The number of amides is 2. The number of hydrogen-bond acceptors (Lipinski definition) is 3. The predicted octanol–water partition coefficient (Wildman–Crippen LogP) is 3.08. The number of fused-ring (bicyclic) bond motifs is 1. The van der Waals surface area contributed by atoms with Crippen molar-refractivity contribution in [2.75, 3.05) is 16.8 Å². The van der Waals surface area contributed by atoms with E-state index >= 15 is 0 Å². The smallest absolute Gasteiger partial charge is 0.303 e. The van der Waals surface area contributed by atoms with E-state index in [1.807, 2.05) is 24.3 Å². The zero-order valence-electron chi connectivity index (χ0n) is 14.3. The molecular formula is C20H20N2O4. The number of nitrogens with zero attached hydrogens (tertiary/aromatic N) is 1. The van der Waals surface area contributed by atoms with Crippen molar-refractivity contribution in [2.24, 2.45) is 0 Å². The molecule has 1 aliphatic rings. The Morgan fingerprint density at radius 3 is 2.46 bits per heavy atom. The molecule has 0 aliphatic carbocycles. The second-order valence-corrected chi connectivity index (χ2v) is 6.21. The highest BCUT2D eigenvalue weighted by atomic mass is 16.4. The number of hydrogen-bond donors (Lipinski definition) is 2. The van der Waals surface area contributed by atoms with Crippen LogP contribution in [0.3, 0.4) is 0 Å². The summed E-state index contributed by atoms with van der Waals surface area (Å²) >= 11 is 0. The summed E-state index contributed by atoms with van der Waals surface area (Å²) in [5.41, 5.74) is 3.21.